The van der Waals surface area contributed by atoms with E-state index in [0.717, 1.165) is 31.9 Å². The molecule has 1 N–H and O–H groups in total. The van der Waals surface area contributed by atoms with Crippen LogP contribution in [0.15, 0.2) is 60.3 Å². The summed E-state index contributed by atoms with van der Waals surface area (Å²) in [6.45, 7) is 4.14. The van der Waals surface area contributed by atoms with Crippen LogP contribution < -0.4 is 10.2 Å². The van der Waals surface area contributed by atoms with Gasteiger partial charge in [-0.25, -0.2) is 0 Å². The van der Waals surface area contributed by atoms with E-state index in [-0.39, 0.29) is 11.6 Å². The molecule has 1 aliphatic heterocycles. The van der Waals surface area contributed by atoms with Crippen LogP contribution >= 0.6 is 0 Å². The number of nitrogens with one attached hydrogen (secondary N) is 1. The summed E-state index contributed by atoms with van der Waals surface area (Å²) < 4.78 is 0. The molecule has 0 aromatic heterocycles. The molecule has 2 aliphatic rings. The molecule has 4 rings (SSSR count). The fourth-order valence-corrected chi connectivity index (χ4v) is 3.38. The van der Waals surface area contributed by atoms with E-state index in [1.165, 1.54) is 11.8 Å². The van der Waals surface area contributed by atoms with Gasteiger partial charge in [0.15, 0.2) is 5.78 Å². The molecular formula is C21H21N3O2. The first-order chi connectivity index (χ1) is 12.6. The van der Waals surface area contributed by atoms with Gasteiger partial charge in [-0.2, -0.15) is 0 Å². The average molecular weight is 347 g/mol. The molecule has 2 aromatic rings. The predicted molar refractivity (Wildman–Crippen MR) is 103 cm³/mol. The van der Waals surface area contributed by atoms with Crippen LogP contribution in [0.25, 0.3) is 0 Å². The highest BCUT2D eigenvalue weighted by atomic mass is 16.1. The van der Waals surface area contributed by atoms with Crippen LogP contribution in [0.5, 0.6) is 0 Å². The van der Waals surface area contributed by atoms with Gasteiger partial charge in [-0.1, -0.05) is 24.3 Å². The summed E-state index contributed by atoms with van der Waals surface area (Å²) >= 11 is 0. The first-order valence-electron chi connectivity index (χ1n) is 8.82. The fraction of sp³-hybridized carbons (Fsp3) is 0.238. The number of allylic oxidation sites excluding steroid dienone is 2. The third kappa shape index (κ3) is 3.13. The molecular weight excluding hydrogens is 326 g/mol. The van der Waals surface area contributed by atoms with E-state index >= 15 is 0 Å². The van der Waals surface area contributed by atoms with Gasteiger partial charge in [0, 0.05) is 54.8 Å². The number of rotatable bonds is 3. The number of ketones is 2. The molecule has 26 heavy (non-hydrogen) atoms. The highest BCUT2D eigenvalue weighted by molar-refractivity contribution is 6.25. The van der Waals surface area contributed by atoms with E-state index < -0.39 is 0 Å². The zero-order valence-electron chi connectivity index (χ0n) is 14.7. The second-order valence-corrected chi connectivity index (χ2v) is 6.76. The van der Waals surface area contributed by atoms with Gasteiger partial charge in [0.25, 0.3) is 0 Å². The van der Waals surface area contributed by atoms with Gasteiger partial charge < -0.3 is 15.1 Å². The molecule has 1 saturated heterocycles. The van der Waals surface area contributed by atoms with Crippen molar-refractivity contribution in [3.8, 4) is 0 Å². The molecule has 5 heteroatoms. The zero-order chi connectivity index (χ0) is 18.1. The van der Waals surface area contributed by atoms with Crippen molar-refractivity contribution in [2.45, 2.75) is 0 Å². The Bertz CT molecular complexity index is 878. The molecule has 0 radical (unpaired) electrons. The van der Waals surface area contributed by atoms with Crippen LogP contribution in [-0.4, -0.2) is 49.7 Å². The maximum atomic E-state index is 12.6. The van der Waals surface area contributed by atoms with E-state index in [0.29, 0.717) is 16.8 Å². The van der Waals surface area contributed by atoms with Crippen molar-refractivity contribution in [1.29, 1.82) is 0 Å². The summed E-state index contributed by atoms with van der Waals surface area (Å²) in [5.41, 5.74) is 3.22. The van der Waals surface area contributed by atoms with Crippen molar-refractivity contribution < 1.29 is 9.59 Å². The summed E-state index contributed by atoms with van der Waals surface area (Å²) in [6.07, 6.45) is 1.39. The van der Waals surface area contributed by atoms with Gasteiger partial charge in [0.2, 0.25) is 5.78 Å². The van der Waals surface area contributed by atoms with Crippen LogP contribution in [0, 0.1) is 0 Å². The Morgan fingerprint density at radius 2 is 1.50 bits per heavy atom. The lowest BCUT2D eigenvalue weighted by Gasteiger charge is -2.34. The molecule has 0 saturated carbocycles. The third-order valence-corrected chi connectivity index (χ3v) is 4.97. The van der Waals surface area contributed by atoms with Crippen molar-refractivity contribution in [2.24, 2.45) is 0 Å². The fourth-order valence-electron chi connectivity index (χ4n) is 3.38. The SMILES string of the molecule is CN1CCN(c2ccc(NC3=CC(=O)c4ccccc4C3=O)cc2)CC1. The van der Waals surface area contributed by atoms with Crippen molar-refractivity contribution in [1.82, 2.24) is 4.90 Å². The molecule has 0 amide bonds. The molecule has 1 aliphatic carbocycles. The molecule has 0 unspecified atom stereocenters. The number of carbonyl (C=O) groups is 2. The molecule has 0 spiro atoms. The standard InChI is InChI=1S/C21H21N3O2/c1-23-10-12-24(13-11-23)16-8-6-15(7-9-16)22-19-14-20(25)17-4-2-3-5-18(17)21(19)26/h2-9,14,22H,10-13H2,1H3. The number of anilines is 2. The van der Waals surface area contributed by atoms with E-state index in [9.17, 15) is 9.59 Å². The Kier molecular flexibility index (Phi) is 4.31. The molecule has 5 nitrogen and oxygen atoms in total. The van der Waals surface area contributed by atoms with E-state index in [1.807, 2.05) is 12.1 Å². The van der Waals surface area contributed by atoms with Gasteiger partial charge >= 0.3 is 0 Å². The summed E-state index contributed by atoms with van der Waals surface area (Å²) in [6, 6.07) is 14.9. The van der Waals surface area contributed by atoms with Crippen LogP contribution in [-0.2, 0) is 0 Å². The molecule has 132 valence electrons. The lowest BCUT2D eigenvalue weighted by Crippen LogP contribution is -2.44. The Labute approximate surface area is 152 Å². The largest absolute Gasteiger partial charge is 0.369 e. The first kappa shape index (κ1) is 16.5. The molecule has 0 atom stereocenters. The predicted octanol–water partition coefficient (Wildman–Crippen LogP) is 2.81. The van der Waals surface area contributed by atoms with Crippen molar-refractivity contribution >= 4 is 22.9 Å². The second kappa shape index (κ2) is 6.77. The lowest BCUT2D eigenvalue weighted by molar-refractivity contribution is 0.0985. The zero-order valence-corrected chi connectivity index (χ0v) is 14.7. The minimum absolute atomic E-state index is 0.142. The first-order valence-corrected chi connectivity index (χ1v) is 8.82. The Morgan fingerprint density at radius 1 is 0.846 bits per heavy atom. The van der Waals surface area contributed by atoms with Crippen molar-refractivity contribution in [3.63, 3.8) is 0 Å². The Morgan fingerprint density at radius 3 is 2.19 bits per heavy atom. The molecule has 1 heterocycles. The number of hydrogen-bond donors (Lipinski definition) is 1. The van der Waals surface area contributed by atoms with E-state index in [1.54, 1.807) is 24.3 Å². The summed E-state index contributed by atoms with van der Waals surface area (Å²) in [7, 11) is 2.14. The van der Waals surface area contributed by atoms with Crippen molar-refractivity contribution in [3.05, 3.63) is 71.4 Å². The number of hydrogen-bond acceptors (Lipinski definition) is 5. The number of fused-ring (bicyclic) bond motifs is 1. The van der Waals surface area contributed by atoms with Gasteiger partial charge in [-0.05, 0) is 31.3 Å². The summed E-state index contributed by atoms with van der Waals surface area (Å²) in [4.78, 5) is 29.5. The normalized spacial score (nSPS) is 17.7. The van der Waals surface area contributed by atoms with Crippen molar-refractivity contribution in [2.75, 3.05) is 43.4 Å². The topological polar surface area (TPSA) is 52.6 Å². The number of benzene rings is 2. The van der Waals surface area contributed by atoms with Gasteiger partial charge in [-0.3, -0.25) is 9.59 Å². The summed E-state index contributed by atoms with van der Waals surface area (Å²) in [5.74, 6) is -0.292. The number of nitrogens with zero attached hydrogens (tertiary/aromatic N) is 2. The number of likely N-dealkylation sites (N-methyl/N-ethyl adjacent to an activating group) is 1. The van der Waals surface area contributed by atoms with Crippen LogP contribution in [0.3, 0.4) is 0 Å². The minimum atomic E-state index is -0.150. The van der Waals surface area contributed by atoms with E-state index in [4.69, 9.17) is 0 Å². The van der Waals surface area contributed by atoms with E-state index in [2.05, 4.69) is 34.3 Å². The Balaban J connectivity index is 1.50. The third-order valence-electron chi connectivity index (χ3n) is 4.97. The van der Waals surface area contributed by atoms with Gasteiger partial charge in [0.05, 0.1) is 5.70 Å². The number of Topliss-reactive ketones (excluding diaryl/α,β-unsaturated/α-hetero) is 1. The van der Waals surface area contributed by atoms with Gasteiger partial charge in [0.1, 0.15) is 0 Å². The maximum Gasteiger partial charge on any atom is 0.210 e. The monoisotopic (exact) mass is 347 g/mol. The number of piperazine rings is 1. The smallest absolute Gasteiger partial charge is 0.210 e. The average Bonchev–Trinajstić information content (AvgIpc) is 2.67. The molecule has 0 bridgehead atoms. The van der Waals surface area contributed by atoms with Gasteiger partial charge in [-0.15, -0.1) is 0 Å². The highest BCUT2D eigenvalue weighted by Crippen LogP contribution is 2.24. The highest BCUT2D eigenvalue weighted by Gasteiger charge is 2.25. The Hall–Kier alpha value is -2.92. The second-order valence-electron chi connectivity index (χ2n) is 6.76. The quantitative estimate of drug-likeness (QED) is 0.925. The van der Waals surface area contributed by atoms with Crippen LogP contribution in [0.1, 0.15) is 20.7 Å². The number of carbonyl (C=O) groups excluding carboxylic acids is 2. The maximum absolute atomic E-state index is 12.6. The van der Waals surface area contributed by atoms with Crippen LogP contribution in [0.2, 0.25) is 0 Å². The van der Waals surface area contributed by atoms with Crippen LogP contribution in [0.4, 0.5) is 11.4 Å². The minimum Gasteiger partial charge on any atom is -0.369 e. The molecule has 1 fully saturated rings. The molecule has 2 aromatic carbocycles. The summed E-state index contributed by atoms with van der Waals surface area (Å²) in [5, 5.41) is 3.10. The lowest BCUT2D eigenvalue weighted by atomic mass is 9.92.